The number of nitrogens with zero attached hydrogens (tertiary/aromatic N) is 4. The van der Waals surface area contributed by atoms with E-state index in [9.17, 15) is 4.79 Å². The third-order valence-electron chi connectivity index (χ3n) is 6.03. The molecule has 2 atom stereocenters. The molecule has 0 saturated heterocycles. The second-order valence-corrected chi connectivity index (χ2v) is 7.90. The standard InChI is InChI=1S/C20H29N5O/c1-24-11-8-18-16(13-24)20(22-14-21-18)23-17-7-3-2-6-15(17)12-19(26)25-9-4-5-10-25/h4-5,14-15,17H,2-3,6-13H2,1H3,(H,21,22,23)/t15-,17-/m0/s1. The van der Waals surface area contributed by atoms with E-state index in [1.54, 1.807) is 6.33 Å². The lowest BCUT2D eigenvalue weighted by Gasteiger charge is -2.34. The van der Waals surface area contributed by atoms with Crippen LogP contribution in [-0.2, 0) is 17.8 Å². The summed E-state index contributed by atoms with van der Waals surface area (Å²) in [7, 11) is 2.14. The van der Waals surface area contributed by atoms with E-state index in [1.165, 1.54) is 24.1 Å². The molecule has 6 heteroatoms. The fourth-order valence-electron chi connectivity index (χ4n) is 4.45. The third-order valence-corrected chi connectivity index (χ3v) is 6.03. The van der Waals surface area contributed by atoms with E-state index in [0.717, 1.165) is 51.3 Å². The van der Waals surface area contributed by atoms with Crippen LogP contribution in [-0.4, -0.2) is 58.4 Å². The highest BCUT2D eigenvalue weighted by Gasteiger charge is 2.30. The Morgan fingerprint density at radius 3 is 2.88 bits per heavy atom. The molecule has 1 aromatic rings. The van der Waals surface area contributed by atoms with Gasteiger partial charge in [0.1, 0.15) is 12.1 Å². The van der Waals surface area contributed by atoms with Gasteiger partial charge in [0.2, 0.25) is 5.91 Å². The number of hydrogen-bond donors (Lipinski definition) is 1. The molecule has 6 nitrogen and oxygen atoms in total. The lowest BCUT2D eigenvalue weighted by molar-refractivity contribution is -0.131. The highest BCUT2D eigenvalue weighted by Crippen LogP contribution is 2.32. The summed E-state index contributed by atoms with van der Waals surface area (Å²) in [5.74, 6) is 1.66. The second-order valence-electron chi connectivity index (χ2n) is 7.90. The van der Waals surface area contributed by atoms with E-state index < -0.39 is 0 Å². The summed E-state index contributed by atoms with van der Waals surface area (Å²) in [5.41, 5.74) is 2.41. The molecule has 0 unspecified atom stereocenters. The molecule has 3 aliphatic rings. The molecular formula is C20H29N5O. The van der Waals surface area contributed by atoms with Gasteiger partial charge in [0.15, 0.2) is 0 Å². The van der Waals surface area contributed by atoms with Crippen molar-refractivity contribution in [1.82, 2.24) is 19.8 Å². The molecule has 0 radical (unpaired) electrons. The zero-order valence-corrected chi connectivity index (χ0v) is 15.7. The van der Waals surface area contributed by atoms with E-state index >= 15 is 0 Å². The van der Waals surface area contributed by atoms with Crippen LogP contribution in [0.1, 0.15) is 43.4 Å². The number of carbonyl (C=O) groups is 1. The van der Waals surface area contributed by atoms with Crippen molar-refractivity contribution in [2.45, 2.75) is 51.1 Å². The van der Waals surface area contributed by atoms with Crippen molar-refractivity contribution >= 4 is 11.7 Å². The van der Waals surface area contributed by atoms with Crippen LogP contribution in [0.15, 0.2) is 18.5 Å². The maximum absolute atomic E-state index is 12.6. The minimum atomic E-state index is 0.290. The maximum atomic E-state index is 12.6. The quantitative estimate of drug-likeness (QED) is 0.839. The van der Waals surface area contributed by atoms with Crippen LogP contribution in [0.25, 0.3) is 0 Å². The van der Waals surface area contributed by atoms with Crippen molar-refractivity contribution in [3.05, 3.63) is 29.7 Å². The number of likely N-dealkylation sites (N-methyl/N-ethyl adjacent to an activating group) is 1. The van der Waals surface area contributed by atoms with Gasteiger partial charge in [-0.05, 0) is 25.8 Å². The Morgan fingerprint density at radius 1 is 1.23 bits per heavy atom. The van der Waals surface area contributed by atoms with Gasteiger partial charge in [-0.1, -0.05) is 25.0 Å². The Bertz CT molecular complexity index is 681. The topological polar surface area (TPSA) is 61.4 Å². The molecule has 1 N–H and O–H groups in total. The number of aromatic nitrogens is 2. The molecular weight excluding hydrogens is 326 g/mol. The van der Waals surface area contributed by atoms with Crippen molar-refractivity contribution in [3.8, 4) is 0 Å². The van der Waals surface area contributed by atoms with Gasteiger partial charge in [0, 0.05) is 50.6 Å². The van der Waals surface area contributed by atoms with Crippen LogP contribution in [0.3, 0.4) is 0 Å². The first kappa shape index (κ1) is 17.5. The normalized spacial score (nSPS) is 26.0. The highest BCUT2D eigenvalue weighted by atomic mass is 16.2. The van der Waals surface area contributed by atoms with Gasteiger partial charge in [-0.15, -0.1) is 0 Å². The van der Waals surface area contributed by atoms with Crippen LogP contribution in [0.2, 0.25) is 0 Å². The summed E-state index contributed by atoms with van der Waals surface area (Å²) in [6, 6.07) is 0.328. The Kier molecular flexibility index (Phi) is 5.20. The molecule has 1 fully saturated rings. The monoisotopic (exact) mass is 355 g/mol. The summed E-state index contributed by atoms with van der Waals surface area (Å²) in [6.07, 6.45) is 12.2. The zero-order valence-electron chi connectivity index (χ0n) is 15.7. The van der Waals surface area contributed by atoms with E-state index in [-0.39, 0.29) is 5.91 Å². The Morgan fingerprint density at radius 2 is 2.04 bits per heavy atom. The molecule has 1 aromatic heterocycles. The minimum Gasteiger partial charge on any atom is -0.367 e. The lowest BCUT2D eigenvalue weighted by Crippen LogP contribution is -2.38. The number of anilines is 1. The molecule has 26 heavy (non-hydrogen) atoms. The van der Waals surface area contributed by atoms with Crippen molar-refractivity contribution in [1.29, 1.82) is 0 Å². The molecule has 140 valence electrons. The molecule has 0 aromatic carbocycles. The average Bonchev–Trinajstić information content (AvgIpc) is 3.19. The summed E-state index contributed by atoms with van der Waals surface area (Å²) in [4.78, 5) is 25.9. The number of hydrogen-bond acceptors (Lipinski definition) is 5. The predicted octanol–water partition coefficient (Wildman–Crippen LogP) is 2.22. The Labute approximate surface area is 155 Å². The second kappa shape index (κ2) is 7.74. The molecule has 0 spiro atoms. The van der Waals surface area contributed by atoms with Gasteiger partial charge in [-0.25, -0.2) is 9.97 Å². The number of rotatable bonds is 4. The van der Waals surface area contributed by atoms with E-state index in [4.69, 9.17) is 0 Å². The predicted molar refractivity (Wildman–Crippen MR) is 102 cm³/mol. The molecule has 1 amide bonds. The fourth-order valence-corrected chi connectivity index (χ4v) is 4.45. The van der Waals surface area contributed by atoms with Crippen LogP contribution >= 0.6 is 0 Å². The SMILES string of the molecule is CN1CCc2ncnc(N[C@H]3CCCC[C@H]3CC(=O)N3CC=CC3)c2C1. The third kappa shape index (κ3) is 3.75. The molecule has 1 aliphatic carbocycles. The van der Waals surface area contributed by atoms with Crippen LogP contribution < -0.4 is 5.32 Å². The van der Waals surface area contributed by atoms with Gasteiger partial charge in [0.25, 0.3) is 0 Å². The Balaban J connectivity index is 1.46. The number of amides is 1. The minimum absolute atomic E-state index is 0.290. The fraction of sp³-hybridized carbons (Fsp3) is 0.650. The molecule has 1 saturated carbocycles. The first-order valence-corrected chi connectivity index (χ1v) is 9.91. The maximum Gasteiger partial charge on any atom is 0.223 e. The van der Waals surface area contributed by atoms with Crippen molar-refractivity contribution in [2.24, 2.45) is 5.92 Å². The van der Waals surface area contributed by atoms with Crippen molar-refractivity contribution in [2.75, 3.05) is 32.0 Å². The van der Waals surface area contributed by atoms with Gasteiger partial charge >= 0.3 is 0 Å². The van der Waals surface area contributed by atoms with Gasteiger partial charge in [-0.2, -0.15) is 0 Å². The zero-order chi connectivity index (χ0) is 17.9. The molecule has 4 rings (SSSR count). The van der Waals surface area contributed by atoms with Gasteiger partial charge < -0.3 is 15.1 Å². The summed E-state index contributed by atoms with van der Waals surface area (Å²) < 4.78 is 0. The van der Waals surface area contributed by atoms with Crippen LogP contribution in [0.4, 0.5) is 5.82 Å². The molecule has 3 heterocycles. The van der Waals surface area contributed by atoms with Gasteiger partial charge in [-0.3, -0.25) is 4.79 Å². The molecule has 0 bridgehead atoms. The highest BCUT2D eigenvalue weighted by molar-refractivity contribution is 5.77. The first-order valence-electron chi connectivity index (χ1n) is 9.91. The Hall–Kier alpha value is -1.95. The van der Waals surface area contributed by atoms with E-state index in [1.807, 2.05) is 4.90 Å². The number of carbonyl (C=O) groups excluding carboxylic acids is 1. The largest absolute Gasteiger partial charge is 0.367 e. The van der Waals surface area contributed by atoms with Crippen molar-refractivity contribution in [3.63, 3.8) is 0 Å². The number of nitrogens with one attached hydrogen (secondary N) is 1. The van der Waals surface area contributed by atoms with Crippen LogP contribution in [0.5, 0.6) is 0 Å². The summed E-state index contributed by atoms with van der Waals surface area (Å²) in [6.45, 7) is 3.49. The number of fused-ring (bicyclic) bond motifs is 1. The average molecular weight is 355 g/mol. The van der Waals surface area contributed by atoms with E-state index in [0.29, 0.717) is 18.4 Å². The summed E-state index contributed by atoms with van der Waals surface area (Å²) >= 11 is 0. The van der Waals surface area contributed by atoms with Crippen LogP contribution in [0, 0.1) is 5.92 Å². The summed E-state index contributed by atoms with van der Waals surface area (Å²) in [5, 5.41) is 3.71. The van der Waals surface area contributed by atoms with Gasteiger partial charge in [0.05, 0.1) is 5.69 Å². The first-order chi connectivity index (χ1) is 12.7. The lowest BCUT2D eigenvalue weighted by atomic mass is 9.82. The van der Waals surface area contributed by atoms with Crippen molar-refractivity contribution < 1.29 is 4.79 Å². The smallest absolute Gasteiger partial charge is 0.223 e. The van der Waals surface area contributed by atoms with E-state index in [2.05, 4.69) is 39.4 Å². The molecule has 2 aliphatic heterocycles.